The number of hydrogen-bond acceptors (Lipinski definition) is 7. The fraction of sp³-hybridized carbons (Fsp3) is 0.333. The van der Waals surface area contributed by atoms with Crippen LogP contribution < -0.4 is 16.6 Å². The molecule has 4 aromatic heterocycles. The van der Waals surface area contributed by atoms with Gasteiger partial charge in [-0.05, 0) is 37.8 Å². The van der Waals surface area contributed by atoms with E-state index in [1.54, 1.807) is 41.7 Å². The molecule has 1 saturated carbocycles. The fourth-order valence-corrected chi connectivity index (χ4v) is 3.94. The summed E-state index contributed by atoms with van der Waals surface area (Å²) in [7, 11) is 0. The highest BCUT2D eigenvalue weighted by molar-refractivity contribution is 5.71. The van der Waals surface area contributed by atoms with Crippen LogP contribution in [0.2, 0.25) is 0 Å². The summed E-state index contributed by atoms with van der Waals surface area (Å²) in [6.45, 7) is 0. The summed E-state index contributed by atoms with van der Waals surface area (Å²) >= 11 is 0. The van der Waals surface area contributed by atoms with Crippen LogP contribution in [0.4, 0.5) is 11.6 Å². The van der Waals surface area contributed by atoms with Crippen molar-refractivity contribution in [2.45, 2.75) is 37.8 Å². The Balaban J connectivity index is 1.43. The van der Waals surface area contributed by atoms with Crippen LogP contribution in [0.5, 0.6) is 0 Å². The molecular weight excluding hydrogens is 374 g/mol. The topological polar surface area (TPSA) is 139 Å². The minimum absolute atomic E-state index is 0.0406. The van der Waals surface area contributed by atoms with E-state index in [-0.39, 0.29) is 23.2 Å². The first-order valence-electron chi connectivity index (χ1n) is 9.45. The molecule has 11 nitrogen and oxygen atoms in total. The van der Waals surface area contributed by atoms with Crippen LogP contribution in [0.15, 0.2) is 46.8 Å². The van der Waals surface area contributed by atoms with Gasteiger partial charge in [0, 0.05) is 12.2 Å². The van der Waals surface area contributed by atoms with Gasteiger partial charge in [0.15, 0.2) is 5.65 Å². The average molecular weight is 393 g/mol. The van der Waals surface area contributed by atoms with E-state index in [9.17, 15) is 9.59 Å². The van der Waals surface area contributed by atoms with E-state index in [1.807, 2.05) is 4.68 Å². The summed E-state index contributed by atoms with van der Waals surface area (Å²) in [4.78, 5) is 42.6. The van der Waals surface area contributed by atoms with Crippen molar-refractivity contribution in [2.24, 2.45) is 0 Å². The Kier molecular flexibility index (Phi) is 4.19. The standard InChI is InChI=1S/C18H19N9O2/c28-16-13(2-1-7-20-16)23-17-21-8-14-15(25-17)27(18(29)24-14)12-5-3-11(4-6-12)26-10-19-9-22-26/h1-2,7-12H,3-6H2,(H,20,28)(H,24,29)(H,21,23,25). The van der Waals surface area contributed by atoms with Crippen molar-refractivity contribution in [3.63, 3.8) is 0 Å². The highest BCUT2D eigenvalue weighted by Crippen LogP contribution is 2.34. The van der Waals surface area contributed by atoms with Crippen LogP contribution in [0.1, 0.15) is 37.8 Å². The summed E-state index contributed by atoms with van der Waals surface area (Å²) in [6.07, 6.45) is 9.87. The van der Waals surface area contributed by atoms with Crippen molar-refractivity contribution in [3.8, 4) is 0 Å². The molecule has 29 heavy (non-hydrogen) atoms. The smallest absolute Gasteiger partial charge is 0.327 e. The van der Waals surface area contributed by atoms with Gasteiger partial charge < -0.3 is 15.3 Å². The number of anilines is 2. The van der Waals surface area contributed by atoms with E-state index in [2.05, 4.69) is 35.3 Å². The predicted molar refractivity (Wildman–Crippen MR) is 105 cm³/mol. The number of pyridine rings is 1. The number of aromatic nitrogens is 8. The lowest BCUT2D eigenvalue weighted by molar-refractivity contribution is 0.260. The van der Waals surface area contributed by atoms with Crippen molar-refractivity contribution in [1.82, 2.24) is 39.3 Å². The van der Waals surface area contributed by atoms with Crippen molar-refractivity contribution >= 4 is 22.8 Å². The molecule has 0 bridgehead atoms. The maximum absolute atomic E-state index is 12.6. The molecule has 4 heterocycles. The molecule has 0 amide bonds. The normalized spacial score (nSPS) is 19.4. The van der Waals surface area contributed by atoms with Gasteiger partial charge >= 0.3 is 5.69 Å². The molecule has 148 valence electrons. The summed E-state index contributed by atoms with van der Waals surface area (Å²) in [5.41, 5.74) is 0.969. The summed E-state index contributed by atoms with van der Waals surface area (Å²) in [5, 5.41) is 7.14. The quantitative estimate of drug-likeness (QED) is 0.477. The van der Waals surface area contributed by atoms with Crippen molar-refractivity contribution in [1.29, 1.82) is 0 Å². The van der Waals surface area contributed by atoms with Gasteiger partial charge in [0.2, 0.25) is 5.95 Å². The van der Waals surface area contributed by atoms with Gasteiger partial charge in [0.1, 0.15) is 23.9 Å². The van der Waals surface area contributed by atoms with Crippen LogP contribution in [0, 0.1) is 0 Å². The first kappa shape index (κ1) is 17.3. The Morgan fingerprint density at radius 3 is 2.72 bits per heavy atom. The van der Waals surface area contributed by atoms with Crippen LogP contribution in [0.3, 0.4) is 0 Å². The van der Waals surface area contributed by atoms with Gasteiger partial charge in [-0.3, -0.25) is 9.36 Å². The lowest BCUT2D eigenvalue weighted by atomic mass is 9.91. The van der Waals surface area contributed by atoms with Crippen LogP contribution in [0.25, 0.3) is 11.2 Å². The van der Waals surface area contributed by atoms with Gasteiger partial charge in [-0.25, -0.2) is 19.4 Å². The summed E-state index contributed by atoms with van der Waals surface area (Å²) in [6, 6.07) is 3.69. The molecule has 5 rings (SSSR count). The first-order chi connectivity index (χ1) is 14.2. The highest BCUT2D eigenvalue weighted by atomic mass is 16.1. The number of rotatable bonds is 4. The Bertz CT molecular complexity index is 1250. The molecule has 3 N–H and O–H groups in total. The zero-order valence-corrected chi connectivity index (χ0v) is 15.4. The molecular formula is C18H19N9O2. The first-order valence-corrected chi connectivity index (χ1v) is 9.45. The number of H-pyrrole nitrogens is 2. The van der Waals surface area contributed by atoms with Gasteiger partial charge in [0.05, 0.1) is 12.2 Å². The molecule has 4 aromatic rings. The summed E-state index contributed by atoms with van der Waals surface area (Å²) in [5.74, 6) is 0.262. The Hall–Kier alpha value is -3.76. The maximum Gasteiger partial charge on any atom is 0.327 e. The van der Waals surface area contributed by atoms with Crippen molar-refractivity contribution in [2.75, 3.05) is 5.32 Å². The van der Waals surface area contributed by atoms with E-state index in [0.29, 0.717) is 22.9 Å². The molecule has 1 aliphatic rings. The molecule has 0 atom stereocenters. The average Bonchev–Trinajstić information content (AvgIpc) is 3.37. The molecule has 0 saturated heterocycles. The van der Waals surface area contributed by atoms with Crippen molar-refractivity contribution < 1.29 is 0 Å². The second-order valence-electron chi connectivity index (χ2n) is 7.11. The van der Waals surface area contributed by atoms with E-state index >= 15 is 0 Å². The lowest BCUT2D eigenvalue weighted by Crippen LogP contribution is -2.27. The monoisotopic (exact) mass is 393 g/mol. The Morgan fingerprint density at radius 2 is 1.97 bits per heavy atom. The number of nitrogens with one attached hydrogen (secondary N) is 3. The highest BCUT2D eigenvalue weighted by Gasteiger charge is 2.27. The predicted octanol–water partition coefficient (Wildman–Crippen LogP) is 1.50. The van der Waals surface area contributed by atoms with Gasteiger partial charge in [-0.15, -0.1) is 0 Å². The van der Waals surface area contributed by atoms with Crippen LogP contribution in [-0.4, -0.2) is 39.3 Å². The van der Waals surface area contributed by atoms with Crippen LogP contribution in [-0.2, 0) is 0 Å². The minimum atomic E-state index is -0.269. The third kappa shape index (κ3) is 3.20. The largest absolute Gasteiger partial charge is 0.327 e. The number of imidazole rings is 1. The molecule has 0 aromatic carbocycles. The summed E-state index contributed by atoms with van der Waals surface area (Å²) < 4.78 is 3.59. The van der Waals surface area contributed by atoms with Crippen molar-refractivity contribution in [3.05, 3.63) is 58.0 Å². The van der Waals surface area contributed by atoms with Gasteiger partial charge in [-0.1, -0.05) is 0 Å². The van der Waals surface area contributed by atoms with Gasteiger partial charge in [-0.2, -0.15) is 10.1 Å². The molecule has 0 unspecified atom stereocenters. The third-order valence-electron chi connectivity index (χ3n) is 5.36. The number of aromatic amines is 2. The maximum atomic E-state index is 12.6. The second-order valence-corrected chi connectivity index (χ2v) is 7.11. The van der Waals surface area contributed by atoms with E-state index < -0.39 is 0 Å². The van der Waals surface area contributed by atoms with E-state index in [1.165, 1.54) is 0 Å². The Labute approximate surface area is 163 Å². The zero-order valence-electron chi connectivity index (χ0n) is 15.4. The van der Waals surface area contributed by atoms with E-state index in [4.69, 9.17) is 0 Å². The van der Waals surface area contributed by atoms with E-state index in [0.717, 1.165) is 25.7 Å². The lowest BCUT2D eigenvalue weighted by Gasteiger charge is -2.28. The molecule has 0 radical (unpaired) electrons. The van der Waals surface area contributed by atoms with Crippen LogP contribution >= 0.6 is 0 Å². The molecule has 0 spiro atoms. The molecule has 0 aliphatic heterocycles. The molecule has 11 heteroatoms. The minimum Gasteiger partial charge on any atom is -0.327 e. The second kappa shape index (κ2) is 7.00. The third-order valence-corrected chi connectivity index (χ3v) is 5.36. The fourth-order valence-electron chi connectivity index (χ4n) is 3.94. The number of hydrogen-bond donors (Lipinski definition) is 3. The number of nitrogens with zero attached hydrogens (tertiary/aromatic N) is 6. The van der Waals surface area contributed by atoms with Gasteiger partial charge in [0.25, 0.3) is 5.56 Å². The SMILES string of the molecule is O=c1[nH]cccc1Nc1ncc2[nH]c(=O)n(C3CCC(n4cncn4)CC3)c2n1. The zero-order chi connectivity index (χ0) is 19.8. The Morgan fingerprint density at radius 1 is 1.14 bits per heavy atom. The molecule has 1 fully saturated rings. The number of fused-ring (bicyclic) bond motifs is 1. The molecule has 1 aliphatic carbocycles.